The maximum absolute atomic E-state index is 14.8. The second kappa shape index (κ2) is 9.60. The van der Waals surface area contributed by atoms with E-state index in [0.29, 0.717) is 37.8 Å². The van der Waals surface area contributed by atoms with Crippen LogP contribution < -0.4 is 15.8 Å². The Bertz CT molecular complexity index is 1240. The molecule has 4 rings (SSSR count). The monoisotopic (exact) mass is 494 g/mol. The molecule has 3 aromatic rings. The smallest absolute Gasteiger partial charge is 0.320 e. The SMILES string of the molecule is Nc1cc(OC2CCC(C(=O)O)CC2)cc(F)c1C(=O)c1nnc(Nc2cc(F)c(F)c(F)c2)o1. The molecular formula is C22H18F4N4O5. The number of aliphatic carboxylic acids is 1. The minimum absolute atomic E-state index is 0.0728. The number of benzene rings is 2. The highest BCUT2D eigenvalue weighted by Gasteiger charge is 2.28. The summed E-state index contributed by atoms with van der Waals surface area (Å²) in [6, 6.07) is 3.02. The van der Waals surface area contributed by atoms with Gasteiger partial charge in [0, 0.05) is 35.6 Å². The Balaban J connectivity index is 1.46. The van der Waals surface area contributed by atoms with Gasteiger partial charge < -0.3 is 25.3 Å². The van der Waals surface area contributed by atoms with E-state index < -0.39 is 58.4 Å². The van der Waals surface area contributed by atoms with Gasteiger partial charge in [0.2, 0.25) is 0 Å². The number of hydrogen-bond acceptors (Lipinski definition) is 8. The summed E-state index contributed by atoms with van der Waals surface area (Å²) >= 11 is 0. The molecule has 1 aromatic heterocycles. The number of carboxylic acids is 1. The highest BCUT2D eigenvalue weighted by molar-refractivity contribution is 6.09. The molecule has 0 amide bonds. The topological polar surface area (TPSA) is 141 Å². The van der Waals surface area contributed by atoms with Gasteiger partial charge in [-0.1, -0.05) is 5.10 Å². The van der Waals surface area contributed by atoms with Crippen molar-refractivity contribution in [1.29, 1.82) is 0 Å². The number of ketones is 1. The van der Waals surface area contributed by atoms with Crippen LogP contribution in [0.25, 0.3) is 0 Å². The molecule has 0 aliphatic heterocycles. The Kier molecular flexibility index (Phi) is 6.58. The van der Waals surface area contributed by atoms with Gasteiger partial charge in [-0.3, -0.25) is 9.59 Å². The van der Waals surface area contributed by atoms with E-state index in [0.717, 1.165) is 6.07 Å². The number of ether oxygens (including phenoxy) is 1. The first-order valence-electron chi connectivity index (χ1n) is 10.4. The van der Waals surface area contributed by atoms with Crippen molar-refractivity contribution >= 4 is 29.1 Å². The number of rotatable bonds is 7. The predicted molar refractivity (Wildman–Crippen MR) is 112 cm³/mol. The molecule has 9 nitrogen and oxygen atoms in total. The Morgan fingerprint density at radius 1 is 1.00 bits per heavy atom. The molecule has 0 radical (unpaired) electrons. The Labute approximate surface area is 194 Å². The van der Waals surface area contributed by atoms with Crippen LogP contribution in [0.2, 0.25) is 0 Å². The summed E-state index contributed by atoms with van der Waals surface area (Å²) in [5, 5.41) is 18.4. The van der Waals surface area contributed by atoms with Crippen molar-refractivity contribution in [2.75, 3.05) is 11.1 Å². The third kappa shape index (κ3) is 5.18. The number of nitrogens with zero attached hydrogens (tertiary/aromatic N) is 2. The first-order valence-corrected chi connectivity index (χ1v) is 10.4. The van der Waals surface area contributed by atoms with Gasteiger partial charge in [0.05, 0.1) is 17.6 Å². The first kappa shape index (κ1) is 24.0. The van der Waals surface area contributed by atoms with Crippen molar-refractivity contribution in [3.05, 3.63) is 59.0 Å². The van der Waals surface area contributed by atoms with Crippen LogP contribution in [-0.2, 0) is 4.79 Å². The van der Waals surface area contributed by atoms with Crippen molar-refractivity contribution in [3.8, 4) is 5.75 Å². The average Bonchev–Trinajstić information content (AvgIpc) is 3.25. The van der Waals surface area contributed by atoms with Gasteiger partial charge in [0.1, 0.15) is 11.6 Å². The highest BCUT2D eigenvalue weighted by Crippen LogP contribution is 2.31. The van der Waals surface area contributed by atoms with Crippen molar-refractivity contribution in [3.63, 3.8) is 0 Å². The van der Waals surface area contributed by atoms with Crippen LogP contribution in [0.3, 0.4) is 0 Å². The number of aromatic nitrogens is 2. The molecule has 2 aromatic carbocycles. The van der Waals surface area contributed by atoms with E-state index >= 15 is 0 Å². The first-order chi connectivity index (χ1) is 16.6. The van der Waals surface area contributed by atoms with Gasteiger partial charge in [-0.05, 0) is 25.7 Å². The standard InChI is InChI=1S/C22H18F4N4O5/c23-13-7-12(34-11-3-1-9(2-4-11)21(32)33)8-16(27)17(13)19(31)20-29-30-22(35-20)28-10-5-14(24)18(26)15(25)6-10/h5-9,11H,1-4,27H2,(H,28,30)(H,32,33). The lowest BCUT2D eigenvalue weighted by molar-refractivity contribution is -0.143. The van der Waals surface area contributed by atoms with Crippen LogP contribution in [0.15, 0.2) is 28.7 Å². The van der Waals surface area contributed by atoms with Crippen molar-refractivity contribution in [2.45, 2.75) is 31.8 Å². The number of hydrogen-bond donors (Lipinski definition) is 3. The molecule has 13 heteroatoms. The minimum Gasteiger partial charge on any atom is -0.490 e. The van der Waals surface area contributed by atoms with Crippen LogP contribution in [0.5, 0.6) is 5.75 Å². The lowest BCUT2D eigenvalue weighted by Gasteiger charge is -2.27. The molecule has 184 valence electrons. The fourth-order valence-corrected chi connectivity index (χ4v) is 3.75. The summed E-state index contributed by atoms with van der Waals surface area (Å²) in [5.74, 6) is -8.55. The number of nitrogens with one attached hydrogen (secondary N) is 1. The van der Waals surface area contributed by atoms with Crippen LogP contribution in [0, 0.1) is 29.2 Å². The average molecular weight is 494 g/mol. The molecule has 1 aliphatic carbocycles. The largest absolute Gasteiger partial charge is 0.490 e. The quantitative estimate of drug-likeness (QED) is 0.191. The number of anilines is 3. The fraction of sp³-hybridized carbons (Fsp3) is 0.273. The van der Waals surface area contributed by atoms with Gasteiger partial charge in [0.15, 0.2) is 17.5 Å². The second-order valence-electron chi connectivity index (χ2n) is 7.92. The van der Waals surface area contributed by atoms with E-state index in [4.69, 9.17) is 20.0 Å². The Hall–Kier alpha value is -4.16. The fourth-order valence-electron chi connectivity index (χ4n) is 3.75. The van der Waals surface area contributed by atoms with Gasteiger partial charge in [-0.2, -0.15) is 0 Å². The molecule has 1 fully saturated rings. The third-order valence-corrected chi connectivity index (χ3v) is 5.50. The molecule has 4 N–H and O–H groups in total. The van der Waals surface area contributed by atoms with Gasteiger partial charge in [-0.25, -0.2) is 17.6 Å². The Morgan fingerprint density at radius 3 is 2.26 bits per heavy atom. The molecule has 0 bridgehead atoms. The van der Waals surface area contributed by atoms with E-state index in [1.54, 1.807) is 0 Å². The molecule has 1 saturated carbocycles. The van der Waals surface area contributed by atoms with Crippen LogP contribution in [-0.4, -0.2) is 33.2 Å². The van der Waals surface area contributed by atoms with Gasteiger partial charge in [0.25, 0.3) is 11.7 Å². The lowest BCUT2D eigenvalue weighted by Crippen LogP contribution is -2.28. The zero-order chi connectivity index (χ0) is 25.3. The van der Waals surface area contributed by atoms with E-state index in [1.165, 1.54) is 6.07 Å². The normalized spacial score (nSPS) is 17.7. The summed E-state index contributed by atoms with van der Waals surface area (Å²) in [6.45, 7) is 0. The van der Waals surface area contributed by atoms with E-state index in [9.17, 15) is 27.2 Å². The number of halogens is 4. The molecular weight excluding hydrogens is 476 g/mol. The minimum atomic E-state index is -1.66. The summed E-state index contributed by atoms with van der Waals surface area (Å²) in [7, 11) is 0. The molecule has 0 atom stereocenters. The highest BCUT2D eigenvalue weighted by atomic mass is 19.2. The zero-order valence-electron chi connectivity index (χ0n) is 17.9. The number of nitrogen functional groups attached to an aromatic ring is 1. The summed E-state index contributed by atoms with van der Waals surface area (Å²) in [4.78, 5) is 23.8. The molecule has 35 heavy (non-hydrogen) atoms. The maximum atomic E-state index is 14.8. The predicted octanol–water partition coefficient (Wildman–Crippen LogP) is 4.21. The molecule has 0 spiro atoms. The van der Waals surface area contributed by atoms with E-state index in [-0.39, 0.29) is 23.2 Å². The lowest BCUT2D eigenvalue weighted by atomic mass is 9.87. The summed E-state index contributed by atoms with van der Waals surface area (Å²) in [6.07, 6.45) is 1.48. The third-order valence-electron chi connectivity index (χ3n) is 5.50. The molecule has 1 aliphatic rings. The second-order valence-corrected chi connectivity index (χ2v) is 7.92. The van der Waals surface area contributed by atoms with Crippen molar-refractivity contribution in [1.82, 2.24) is 10.2 Å². The van der Waals surface area contributed by atoms with Crippen molar-refractivity contribution in [2.24, 2.45) is 5.92 Å². The zero-order valence-corrected chi connectivity index (χ0v) is 17.9. The van der Waals surface area contributed by atoms with Crippen LogP contribution >= 0.6 is 0 Å². The van der Waals surface area contributed by atoms with Crippen LogP contribution in [0.4, 0.5) is 35.0 Å². The van der Waals surface area contributed by atoms with Gasteiger partial charge >= 0.3 is 12.0 Å². The molecule has 1 heterocycles. The molecule has 0 saturated heterocycles. The number of carbonyl (C=O) groups excluding carboxylic acids is 1. The summed E-state index contributed by atoms with van der Waals surface area (Å²) < 4.78 is 65.3. The number of carbonyl (C=O) groups is 2. The van der Waals surface area contributed by atoms with Gasteiger partial charge in [-0.15, -0.1) is 5.10 Å². The Morgan fingerprint density at radius 2 is 1.66 bits per heavy atom. The summed E-state index contributed by atoms with van der Waals surface area (Å²) in [5.41, 5.74) is 4.77. The van der Waals surface area contributed by atoms with Crippen molar-refractivity contribution < 1.29 is 41.4 Å². The molecule has 0 unspecified atom stereocenters. The van der Waals surface area contributed by atoms with E-state index in [2.05, 4.69) is 15.5 Å². The number of carboxylic acid groups (broad SMARTS) is 1. The van der Waals surface area contributed by atoms with E-state index in [1.807, 2.05) is 0 Å². The number of nitrogens with two attached hydrogens (primary N) is 1. The maximum Gasteiger partial charge on any atom is 0.320 e. The van der Waals surface area contributed by atoms with Crippen LogP contribution in [0.1, 0.15) is 41.9 Å².